The van der Waals surface area contributed by atoms with Crippen molar-refractivity contribution in [1.82, 2.24) is 15.1 Å². The Balaban J connectivity index is 2.00. The molecule has 0 radical (unpaired) electrons. The molecular formula is C16H29N3O2. The van der Waals surface area contributed by atoms with Gasteiger partial charge in [-0.25, -0.2) is 0 Å². The van der Waals surface area contributed by atoms with E-state index in [0.717, 1.165) is 25.8 Å². The first-order valence-corrected chi connectivity index (χ1v) is 8.26. The van der Waals surface area contributed by atoms with Gasteiger partial charge in [0.05, 0.1) is 0 Å². The average Bonchev–Trinajstić information content (AvgIpc) is 2.47. The summed E-state index contributed by atoms with van der Waals surface area (Å²) in [5, 5.41) is 2.97. The lowest BCUT2D eigenvalue weighted by Crippen LogP contribution is -2.64. The quantitative estimate of drug-likeness (QED) is 0.830. The first-order chi connectivity index (χ1) is 10.0. The molecule has 0 aromatic rings. The highest BCUT2D eigenvalue weighted by Gasteiger charge is 2.41. The van der Waals surface area contributed by atoms with Crippen molar-refractivity contribution >= 4 is 11.8 Å². The molecule has 2 fully saturated rings. The molecule has 1 aliphatic heterocycles. The maximum atomic E-state index is 12.8. The standard InChI is InChI=1S/C16H29N3O2/c1-12-15(20)17-14(13-8-5-4-6-9-13)16(21)19(12)11-7-10-18(2)3/h12-14H,4-11H2,1-3H3,(H,17,20). The molecular weight excluding hydrogens is 266 g/mol. The SMILES string of the molecule is CC1C(=O)NC(C2CCCCC2)C(=O)N1CCCN(C)C. The summed E-state index contributed by atoms with van der Waals surface area (Å²) in [5.41, 5.74) is 0. The number of hydrogen-bond acceptors (Lipinski definition) is 3. The van der Waals surface area contributed by atoms with Crippen molar-refractivity contribution in [3.63, 3.8) is 0 Å². The normalized spacial score (nSPS) is 28.1. The van der Waals surface area contributed by atoms with Crippen LogP contribution in [0.15, 0.2) is 0 Å². The fourth-order valence-corrected chi connectivity index (χ4v) is 3.49. The van der Waals surface area contributed by atoms with Gasteiger partial charge in [-0.2, -0.15) is 0 Å². The molecule has 5 nitrogen and oxygen atoms in total. The molecule has 0 aromatic heterocycles. The van der Waals surface area contributed by atoms with Gasteiger partial charge in [-0.3, -0.25) is 9.59 Å². The molecule has 0 aromatic carbocycles. The Morgan fingerprint density at radius 2 is 1.86 bits per heavy atom. The summed E-state index contributed by atoms with van der Waals surface area (Å²) >= 11 is 0. The third-order valence-corrected chi connectivity index (χ3v) is 4.82. The summed E-state index contributed by atoms with van der Waals surface area (Å²) in [6.07, 6.45) is 6.66. The lowest BCUT2D eigenvalue weighted by molar-refractivity contribution is -0.150. The Bertz CT molecular complexity index is 378. The van der Waals surface area contributed by atoms with Crippen LogP contribution < -0.4 is 5.32 Å². The number of hydrogen-bond donors (Lipinski definition) is 1. The van der Waals surface area contributed by atoms with E-state index >= 15 is 0 Å². The molecule has 1 saturated carbocycles. The zero-order valence-corrected chi connectivity index (χ0v) is 13.6. The summed E-state index contributed by atoms with van der Waals surface area (Å²) < 4.78 is 0. The molecule has 2 amide bonds. The van der Waals surface area contributed by atoms with Crippen LogP contribution in [-0.2, 0) is 9.59 Å². The maximum absolute atomic E-state index is 12.8. The molecule has 2 atom stereocenters. The van der Waals surface area contributed by atoms with Crippen molar-refractivity contribution in [2.24, 2.45) is 5.92 Å². The summed E-state index contributed by atoms with van der Waals surface area (Å²) in [6.45, 7) is 3.45. The van der Waals surface area contributed by atoms with E-state index in [2.05, 4.69) is 10.2 Å². The van der Waals surface area contributed by atoms with Crippen LogP contribution in [0.2, 0.25) is 0 Å². The van der Waals surface area contributed by atoms with Crippen molar-refractivity contribution in [2.45, 2.75) is 57.5 Å². The van der Waals surface area contributed by atoms with Crippen molar-refractivity contribution < 1.29 is 9.59 Å². The Labute approximate surface area is 128 Å². The number of nitrogens with zero attached hydrogens (tertiary/aromatic N) is 2. The van der Waals surface area contributed by atoms with Gasteiger partial charge in [-0.15, -0.1) is 0 Å². The molecule has 120 valence electrons. The first-order valence-electron chi connectivity index (χ1n) is 8.26. The van der Waals surface area contributed by atoms with Gasteiger partial charge in [0.25, 0.3) is 0 Å². The van der Waals surface area contributed by atoms with Gasteiger partial charge in [-0.05, 0) is 52.7 Å². The Hall–Kier alpha value is -1.10. The van der Waals surface area contributed by atoms with Gasteiger partial charge in [0.15, 0.2) is 0 Å². The third kappa shape index (κ3) is 3.96. The van der Waals surface area contributed by atoms with E-state index in [0.29, 0.717) is 12.5 Å². The molecule has 2 rings (SSSR count). The van der Waals surface area contributed by atoms with E-state index in [1.54, 1.807) is 4.90 Å². The highest BCUT2D eigenvalue weighted by Crippen LogP contribution is 2.29. The highest BCUT2D eigenvalue weighted by atomic mass is 16.2. The Morgan fingerprint density at radius 1 is 1.19 bits per heavy atom. The second-order valence-corrected chi connectivity index (χ2v) is 6.75. The zero-order chi connectivity index (χ0) is 15.4. The minimum atomic E-state index is -0.334. The summed E-state index contributed by atoms with van der Waals surface area (Å²) in [4.78, 5) is 28.8. The minimum absolute atomic E-state index is 0.00928. The number of rotatable bonds is 5. The van der Waals surface area contributed by atoms with Gasteiger partial charge < -0.3 is 15.1 Å². The Kier molecular flexibility index (Phi) is 5.62. The van der Waals surface area contributed by atoms with Gasteiger partial charge in [0.2, 0.25) is 11.8 Å². The molecule has 2 unspecified atom stereocenters. The van der Waals surface area contributed by atoms with Crippen molar-refractivity contribution in [1.29, 1.82) is 0 Å². The lowest BCUT2D eigenvalue weighted by atomic mass is 9.82. The Morgan fingerprint density at radius 3 is 2.48 bits per heavy atom. The maximum Gasteiger partial charge on any atom is 0.246 e. The van der Waals surface area contributed by atoms with Crippen LogP contribution in [0.3, 0.4) is 0 Å². The van der Waals surface area contributed by atoms with E-state index in [1.165, 1.54) is 19.3 Å². The smallest absolute Gasteiger partial charge is 0.246 e. The van der Waals surface area contributed by atoms with Gasteiger partial charge in [0.1, 0.15) is 12.1 Å². The summed E-state index contributed by atoms with van der Waals surface area (Å²) in [6, 6.07) is -0.618. The van der Waals surface area contributed by atoms with Crippen LogP contribution in [0, 0.1) is 5.92 Å². The van der Waals surface area contributed by atoms with Crippen molar-refractivity contribution in [3.8, 4) is 0 Å². The summed E-state index contributed by atoms with van der Waals surface area (Å²) in [7, 11) is 4.05. The topological polar surface area (TPSA) is 52.7 Å². The van der Waals surface area contributed by atoms with Crippen LogP contribution >= 0.6 is 0 Å². The van der Waals surface area contributed by atoms with Crippen LogP contribution in [0.5, 0.6) is 0 Å². The number of amides is 2. The predicted octanol–water partition coefficient (Wildman–Crippen LogP) is 1.23. The molecule has 0 bridgehead atoms. The second kappa shape index (κ2) is 7.25. The molecule has 1 aliphatic carbocycles. The predicted molar refractivity (Wildman–Crippen MR) is 82.9 cm³/mol. The number of piperazine rings is 1. The van der Waals surface area contributed by atoms with Crippen molar-refractivity contribution in [2.75, 3.05) is 27.2 Å². The van der Waals surface area contributed by atoms with E-state index < -0.39 is 0 Å². The van der Waals surface area contributed by atoms with Gasteiger partial charge in [-0.1, -0.05) is 19.3 Å². The van der Waals surface area contributed by atoms with Crippen LogP contribution in [-0.4, -0.2) is 60.9 Å². The molecule has 1 saturated heterocycles. The van der Waals surface area contributed by atoms with Gasteiger partial charge in [0, 0.05) is 6.54 Å². The zero-order valence-electron chi connectivity index (χ0n) is 13.6. The van der Waals surface area contributed by atoms with Crippen LogP contribution in [0.25, 0.3) is 0 Å². The highest BCUT2D eigenvalue weighted by molar-refractivity contribution is 5.96. The summed E-state index contributed by atoms with van der Waals surface area (Å²) in [5.74, 6) is 0.474. The molecule has 0 spiro atoms. The number of carbonyl (C=O) groups is 2. The minimum Gasteiger partial charge on any atom is -0.342 e. The molecule has 2 aliphatic rings. The molecule has 1 heterocycles. The van der Waals surface area contributed by atoms with Crippen molar-refractivity contribution in [3.05, 3.63) is 0 Å². The van der Waals surface area contributed by atoms with Gasteiger partial charge >= 0.3 is 0 Å². The number of carbonyl (C=O) groups excluding carboxylic acids is 2. The third-order valence-electron chi connectivity index (χ3n) is 4.82. The molecule has 5 heteroatoms. The largest absolute Gasteiger partial charge is 0.342 e. The fraction of sp³-hybridized carbons (Fsp3) is 0.875. The molecule has 1 N–H and O–H groups in total. The lowest BCUT2D eigenvalue weighted by Gasteiger charge is -2.41. The van der Waals surface area contributed by atoms with E-state index in [4.69, 9.17) is 0 Å². The number of nitrogens with one attached hydrogen (secondary N) is 1. The van der Waals surface area contributed by atoms with E-state index in [1.807, 2.05) is 21.0 Å². The van der Waals surface area contributed by atoms with Crippen LogP contribution in [0.4, 0.5) is 0 Å². The van der Waals surface area contributed by atoms with E-state index in [9.17, 15) is 9.59 Å². The van der Waals surface area contributed by atoms with Crippen LogP contribution in [0.1, 0.15) is 45.4 Å². The fourth-order valence-electron chi connectivity index (χ4n) is 3.49. The monoisotopic (exact) mass is 295 g/mol. The molecule has 21 heavy (non-hydrogen) atoms. The average molecular weight is 295 g/mol. The first kappa shape index (κ1) is 16.3. The second-order valence-electron chi connectivity index (χ2n) is 6.75. The van der Waals surface area contributed by atoms with E-state index in [-0.39, 0.29) is 23.9 Å².